The Kier molecular flexibility index (Phi) is 10.8. The molecule has 0 aliphatic carbocycles. The van der Waals surface area contributed by atoms with Gasteiger partial charge in [0.25, 0.3) is 5.56 Å². The minimum absolute atomic E-state index is 0.175. The normalized spacial score (nSPS) is 14.6. The van der Waals surface area contributed by atoms with Gasteiger partial charge in [0.15, 0.2) is 4.80 Å². The van der Waals surface area contributed by atoms with Gasteiger partial charge in [0.2, 0.25) is 0 Å². The summed E-state index contributed by atoms with van der Waals surface area (Å²) in [4.78, 5) is 33.1. The molecule has 1 aliphatic heterocycles. The lowest BCUT2D eigenvalue weighted by atomic mass is 9.93. The van der Waals surface area contributed by atoms with Gasteiger partial charge in [-0.1, -0.05) is 81.5 Å². The molecule has 0 bridgehead atoms. The van der Waals surface area contributed by atoms with Crippen molar-refractivity contribution in [2.75, 3.05) is 13.7 Å². The second-order valence-corrected chi connectivity index (χ2v) is 13.2. The van der Waals surface area contributed by atoms with Gasteiger partial charge in [0.05, 0.1) is 39.6 Å². The Hall–Kier alpha value is -3.08. The molecule has 0 unspecified atom stereocenters. The van der Waals surface area contributed by atoms with Crippen LogP contribution in [0.25, 0.3) is 6.08 Å². The van der Waals surface area contributed by atoms with Crippen molar-refractivity contribution in [2.24, 2.45) is 4.99 Å². The number of rotatable bonds is 10. The number of fused-ring (bicyclic) bond motifs is 1. The molecule has 4 aromatic rings. The molecular weight excluding hydrogens is 723 g/mol. The van der Waals surface area contributed by atoms with Crippen LogP contribution in [0.2, 0.25) is 15.1 Å². The summed E-state index contributed by atoms with van der Waals surface area (Å²) in [5.74, 6) is 0.504. The van der Waals surface area contributed by atoms with E-state index in [0.29, 0.717) is 64.7 Å². The number of methoxy groups -OCH3 is 1. The summed E-state index contributed by atoms with van der Waals surface area (Å²) in [6, 6.07) is 15.1. The molecule has 2 heterocycles. The molecule has 234 valence electrons. The predicted octanol–water partition coefficient (Wildman–Crippen LogP) is 7.89. The number of carbonyl (C=O) groups excluding carboxylic acids is 1. The molecular formula is C33H28BrCl3N2O5S. The fourth-order valence-corrected chi connectivity index (χ4v) is 6.92. The highest BCUT2D eigenvalue weighted by molar-refractivity contribution is 9.10. The topological polar surface area (TPSA) is 79.1 Å². The average Bonchev–Trinajstić information content (AvgIpc) is 3.32. The van der Waals surface area contributed by atoms with Gasteiger partial charge in [-0.15, -0.1) is 0 Å². The summed E-state index contributed by atoms with van der Waals surface area (Å²) >= 11 is 23.4. The Morgan fingerprint density at radius 1 is 1.04 bits per heavy atom. The van der Waals surface area contributed by atoms with Crippen molar-refractivity contribution in [3.05, 3.63) is 122 Å². The van der Waals surface area contributed by atoms with Crippen molar-refractivity contribution in [1.82, 2.24) is 4.57 Å². The maximum absolute atomic E-state index is 14.3. The monoisotopic (exact) mass is 748 g/mol. The van der Waals surface area contributed by atoms with Gasteiger partial charge in [0, 0.05) is 20.6 Å². The number of hydrogen-bond acceptors (Lipinski definition) is 7. The molecule has 0 saturated heterocycles. The summed E-state index contributed by atoms with van der Waals surface area (Å²) in [7, 11) is 1.55. The van der Waals surface area contributed by atoms with Crippen LogP contribution in [0.1, 0.15) is 49.4 Å². The Morgan fingerprint density at radius 3 is 2.53 bits per heavy atom. The van der Waals surface area contributed by atoms with Gasteiger partial charge in [-0.3, -0.25) is 9.36 Å². The smallest absolute Gasteiger partial charge is 0.338 e. The Balaban J connectivity index is 1.68. The van der Waals surface area contributed by atoms with Gasteiger partial charge >= 0.3 is 5.97 Å². The number of allylic oxidation sites excluding steroid dienone is 1. The van der Waals surface area contributed by atoms with Crippen LogP contribution in [0.15, 0.2) is 80.1 Å². The maximum Gasteiger partial charge on any atom is 0.338 e. The number of benzene rings is 3. The van der Waals surface area contributed by atoms with Crippen LogP contribution in [0.3, 0.4) is 0 Å². The highest BCUT2D eigenvalue weighted by Gasteiger charge is 2.36. The number of nitrogens with zero attached hydrogens (tertiary/aromatic N) is 2. The van der Waals surface area contributed by atoms with Gasteiger partial charge in [-0.2, -0.15) is 0 Å². The first-order valence-corrected chi connectivity index (χ1v) is 16.8. The number of thiazole rings is 1. The fourth-order valence-electron chi connectivity index (χ4n) is 5.03. The molecule has 1 aliphatic rings. The molecule has 0 radical (unpaired) electrons. The minimum Gasteiger partial charge on any atom is -0.496 e. The van der Waals surface area contributed by atoms with E-state index in [-0.39, 0.29) is 18.8 Å². The first-order valence-electron chi connectivity index (χ1n) is 14.1. The van der Waals surface area contributed by atoms with E-state index in [1.54, 1.807) is 56.5 Å². The van der Waals surface area contributed by atoms with E-state index in [0.717, 1.165) is 16.5 Å². The summed E-state index contributed by atoms with van der Waals surface area (Å²) in [6.07, 6.45) is 2.98. The van der Waals surface area contributed by atoms with Crippen molar-refractivity contribution >= 4 is 74.1 Å². The molecule has 12 heteroatoms. The van der Waals surface area contributed by atoms with Crippen LogP contribution in [-0.4, -0.2) is 24.3 Å². The van der Waals surface area contributed by atoms with Gasteiger partial charge in [-0.25, -0.2) is 9.79 Å². The second-order valence-electron chi connectivity index (χ2n) is 10.0. The van der Waals surface area contributed by atoms with Crippen molar-refractivity contribution in [3.63, 3.8) is 0 Å². The van der Waals surface area contributed by atoms with Gasteiger partial charge in [-0.05, 0) is 73.5 Å². The van der Waals surface area contributed by atoms with Crippen LogP contribution in [-0.2, 0) is 16.1 Å². The fraction of sp³-hybridized carbons (Fsp3) is 0.242. The van der Waals surface area contributed by atoms with E-state index in [1.165, 1.54) is 15.9 Å². The molecule has 7 nitrogen and oxygen atoms in total. The quantitative estimate of drug-likeness (QED) is 0.154. The number of ether oxygens (including phenoxy) is 3. The lowest BCUT2D eigenvalue weighted by molar-refractivity contribution is -0.139. The number of hydrogen-bond donors (Lipinski definition) is 0. The summed E-state index contributed by atoms with van der Waals surface area (Å²) < 4.78 is 20.0. The zero-order valence-electron chi connectivity index (χ0n) is 24.5. The van der Waals surface area contributed by atoms with Crippen molar-refractivity contribution in [3.8, 4) is 11.5 Å². The van der Waals surface area contributed by atoms with Crippen LogP contribution >= 0.6 is 62.1 Å². The lowest BCUT2D eigenvalue weighted by Gasteiger charge is -2.27. The zero-order chi connectivity index (χ0) is 32.2. The third kappa shape index (κ3) is 7.18. The number of aromatic nitrogens is 1. The summed E-state index contributed by atoms with van der Waals surface area (Å²) in [5, 5.41) is 1.36. The third-order valence-electron chi connectivity index (χ3n) is 7.02. The second kappa shape index (κ2) is 14.6. The standard InChI is InChI=1S/C33H28BrCl3N2O5S/c1-4-6-25-29(32(41)43-5-2)30(22-16-20(34)8-11-27(22)42-3)39-31(40)28(45-33(39)38-25)15-19-14-21(35)9-12-26(19)44-17-18-7-10-23(36)24(37)13-18/h7-16,30H,4-6,17H2,1-3H3/b28-15+/t30-/m0/s1. The van der Waals surface area contributed by atoms with E-state index < -0.39 is 12.0 Å². The highest BCUT2D eigenvalue weighted by Crippen LogP contribution is 2.38. The van der Waals surface area contributed by atoms with E-state index in [9.17, 15) is 9.59 Å². The molecule has 0 fully saturated rings. The first-order chi connectivity index (χ1) is 21.6. The number of carbonyl (C=O) groups is 1. The van der Waals surface area contributed by atoms with Crippen molar-refractivity contribution in [2.45, 2.75) is 39.3 Å². The third-order valence-corrected chi connectivity index (χ3v) is 9.47. The number of esters is 1. The molecule has 0 amide bonds. The Bertz CT molecular complexity index is 1990. The molecule has 45 heavy (non-hydrogen) atoms. The Morgan fingerprint density at radius 2 is 1.82 bits per heavy atom. The summed E-state index contributed by atoms with van der Waals surface area (Å²) in [5.41, 5.74) is 2.59. The number of halogens is 4. The van der Waals surface area contributed by atoms with Gasteiger partial charge < -0.3 is 14.2 Å². The van der Waals surface area contributed by atoms with Crippen LogP contribution in [0.4, 0.5) is 0 Å². The molecule has 0 saturated carbocycles. The van der Waals surface area contributed by atoms with Crippen LogP contribution in [0, 0.1) is 0 Å². The predicted molar refractivity (Wildman–Crippen MR) is 183 cm³/mol. The van der Waals surface area contributed by atoms with E-state index in [2.05, 4.69) is 15.9 Å². The van der Waals surface area contributed by atoms with E-state index in [1.807, 2.05) is 25.1 Å². The van der Waals surface area contributed by atoms with E-state index in [4.69, 9.17) is 54.0 Å². The molecule has 0 spiro atoms. The average molecular weight is 751 g/mol. The van der Waals surface area contributed by atoms with E-state index >= 15 is 0 Å². The largest absolute Gasteiger partial charge is 0.496 e. The molecule has 1 atom stereocenters. The first kappa shape index (κ1) is 33.3. The van der Waals surface area contributed by atoms with Gasteiger partial charge in [0.1, 0.15) is 24.1 Å². The van der Waals surface area contributed by atoms with Crippen LogP contribution in [0.5, 0.6) is 11.5 Å². The SMILES string of the molecule is CCCC1=C(C(=O)OCC)[C@H](c2cc(Br)ccc2OC)n2c(s/c(=C/c3cc(Cl)ccc3OCc3ccc(Cl)c(Cl)c3)c2=O)=N1. The lowest BCUT2D eigenvalue weighted by Crippen LogP contribution is -2.40. The van der Waals surface area contributed by atoms with Crippen molar-refractivity contribution in [1.29, 1.82) is 0 Å². The maximum atomic E-state index is 14.3. The molecule has 3 aromatic carbocycles. The zero-order valence-corrected chi connectivity index (χ0v) is 29.2. The highest BCUT2D eigenvalue weighted by atomic mass is 79.9. The minimum atomic E-state index is -0.832. The molecule has 5 rings (SSSR count). The Labute approximate surface area is 287 Å². The van der Waals surface area contributed by atoms with Crippen LogP contribution < -0.4 is 24.4 Å². The van der Waals surface area contributed by atoms with Crippen molar-refractivity contribution < 1.29 is 19.0 Å². The molecule has 0 N–H and O–H groups in total. The summed E-state index contributed by atoms with van der Waals surface area (Å²) in [6.45, 7) is 4.14. The molecule has 1 aromatic heterocycles.